The van der Waals surface area contributed by atoms with Gasteiger partial charge in [0.15, 0.2) is 0 Å². The van der Waals surface area contributed by atoms with Crippen LogP contribution in [0.25, 0.3) is 77.9 Å². The first-order valence-corrected chi connectivity index (χ1v) is 26.6. The predicted molar refractivity (Wildman–Crippen MR) is 315 cm³/mol. The second kappa shape index (κ2) is 16.9. The summed E-state index contributed by atoms with van der Waals surface area (Å²) in [6.07, 6.45) is 0. The fourth-order valence-electron chi connectivity index (χ4n) is 13.5. The zero-order valence-corrected chi connectivity index (χ0v) is 43.2. The highest BCUT2D eigenvalue weighted by molar-refractivity contribution is 5.94. The highest BCUT2D eigenvalue weighted by atomic mass is 15.1. The highest BCUT2D eigenvalue weighted by Gasteiger charge is 2.41. The number of anilines is 3. The molecule has 0 radical (unpaired) electrons. The van der Waals surface area contributed by atoms with Gasteiger partial charge in [-0.3, -0.25) is 0 Å². The second-order valence-corrected chi connectivity index (χ2v) is 22.1. The third kappa shape index (κ3) is 6.84. The van der Waals surface area contributed by atoms with Crippen LogP contribution in [-0.4, -0.2) is 0 Å². The number of hydrogen-bond donors (Lipinski definition) is 0. The zero-order chi connectivity index (χ0) is 50.6. The predicted octanol–water partition coefficient (Wildman–Crippen LogP) is 19.8. The molecule has 11 aromatic rings. The third-order valence-electron chi connectivity index (χ3n) is 17.4. The lowest BCUT2D eigenvalue weighted by molar-refractivity contribution is 0.660. The summed E-state index contributed by atoms with van der Waals surface area (Å²) in [6.45, 7) is 11.9. The molecule has 0 fully saturated rings. The topological polar surface area (TPSA) is 3.24 Å². The highest BCUT2D eigenvalue weighted by Crippen LogP contribution is 2.55. The molecule has 0 aliphatic heterocycles. The maximum atomic E-state index is 2.44. The smallest absolute Gasteiger partial charge is 0.0462 e. The van der Waals surface area contributed by atoms with Gasteiger partial charge < -0.3 is 4.90 Å². The summed E-state index contributed by atoms with van der Waals surface area (Å²) in [5.41, 5.74) is 30.3. The number of nitrogens with zero attached hydrogens (tertiary/aromatic N) is 1. The van der Waals surface area contributed by atoms with Crippen LogP contribution < -0.4 is 4.90 Å². The lowest BCUT2D eigenvalue weighted by atomic mass is 9.74. The quantitative estimate of drug-likeness (QED) is 0.147. The monoisotopic (exact) mass is 959 g/mol. The molecule has 0 saturated heterocycles. The summed E-state index contributed by atoms with van der Waals surface area (Å²) >= 11 is 0. The summed E-state index contributed by atoms with van der Waals surface area (Å²) in [7, 11) is 0. The minimum absolute atomic E-state index is 0.0621. The fraction of sp³-hybridized carbons (Fsp3) is 0.108. The minimum atomic E-state index is -0.261. The molecule has 0 spiro atoms. The van der Waals surface area contributed by atoms with Crippen LogP contribution in [-0.2, 0) is 16.2 Å². The van der Waals surface area contributed by atoms with Crippen molar-refractivity contribution in [2.45, 2.75) is 50.9 Å². The normalized spacial score (nSPS) is 15.8. The number of hydrogen-bond acceptors (Lipinski definition) is 1. The molecule has 0 N–H and O–H groups in total. The molecule has 1 unspecified atom stereocenters. The first kappa shape index (κ1) is 44.9. The molecule has 0 heterocycles. The molecule has 358 valence electrons. The molecule has 11 aromatic carbocycles. The summed E-state index contributed by atoms with van der Waals surface area (Å²) in [5.74, 6) is 0. The molecular formula is C74H57N. The van der Waals surface area contributed by atoms with Crippen LogP contribution in [0.3, 0.4) is 0 Å². The molecule has 3 aliphatic rings. The maximum Gasteiger partial charge on any atom is 0.0462 e. The van der Waals surface area contributed by atoms with E-state index in [9.17, 15) is 0 Å². The van der Waals surface area contributed by atoms with E-state index in [-0.39, 0.29) is 16.2 Å². The van der Waals surface area contributed by atoms with Gasteiger partial charge >= 0.3 is 0 Å². The zero-order valence-electron chi connectivity index (χ0n) is 43.2. The average molecular weight is 960 g/mol. The van der Waals surface area contributed by atoms with Crippen molar-refractivity contribution < 1.29 is 0 Å². The van der Waals surface area contributed by atoms with Gasteiger partial charge in [-0.1, -0.05) is 234 Å². The molecular weight excluding hydrogens is 903 g/mol. The van der Waals surface area contributed by atoms with Gasteiger partial charge in [-0.15, -0.1) is 0 Å². The van der Waals surface area contributed by atoms with Crippen molar-refractivity contribution in [3.05, 3.63) is 294 Å². The van der Waals surface area contributed by atoms with E-state index in [1.165, 1.54) is 117 Å². The van der Waals surface area contributed by atoms with Gasteiger partial charge in [-0.25, -0.2) is 0 Å². The average Bonchev–Trinajstić information content (AvgIpc) is 3.97. The van der Waals surface area contributed by atoms with Gasteiger partial charge in [0, 0.05) is 33.3 Å². The van der Waals surface area contributed by atoms with Crippen molar-refractivity contribution in [1.29, 1.82) is 0 Å². The molecule has 0 bridgehead atoms. The summed E-state index contributed by atoms with van der Waals surface area (Å²) in [5, 5.41) is 0. The Morgan fingerprint density at radius 3 is 1.19 bits per heavy atom. The second-order valence-electron chi connectivity index (χ2n) is 22.1. The SMILES string of the molecule is CC1(C)c2ccccc2-c2ccc(-c3ccc(N(c4ccc(-c5ccc6c(c5)C(C)(c5ccccc5)c5ccccc5-6)cc4)c4ccc(-c5ccccc5-c5cccc6c5C(C)(C)c5ccccc5-6)cc4)cc3)cc21. The number of rotatable bonds is 8. The van der Waals surface area contributed by atoms with Crippen LogP contribution in [0.5, 0.6) is 0 Å². The van der Waals surface area contributed by atoms with E-state index >= 15 is 0 Å². The summed E-state index contributed by atoms with van der Waals surface area (Å²) in [4.78, 5) is 2.40. The summed E-state index contributed by atoms with van der Waals surface area (Å²) < 4.78 is 0. The Hall–Kier alpha value is -8.78. The largest absolute Gasteiger partial charge is 0.311 e. The van der Waals surface area contributed by atoms with E-state index in [0.717, 1.165) is 17.1 Å². The van der Waals surface area contributed by atoms with Crippen LogP contribution in [0.15, 0.2) is 255 Å². The lowest BCUT2D eigenvalue weighted by Gasteiger charge is -2.28. The molecule has 75 heavy (non-hydrogen) atoms. The Morgan fingerprint density at radius 2 is 0.613 bits per heavy atom. The molecule has 0 saturated carbocycles. The van der Waals surface area contributed by atoms with E-state index in [4.69, 9.17) is 0 Å². The van der Waals surface area contributed by atoms with E-state index in [1.54, 1.807) is 0 Å². The molecule has 1 heteroatoms. The Labute approximate surface area is 442 Å². The van der Waals surface area contributed by atoms with E-state index in [0.29, 0.717) is 0 Å². The van der Waals surface area contributed by atoms with E-state index in [1.807, 2.05) is 0 Å². The van der Waals surface area contributed by atoms with Crippen LogP contribution in [0.4, 0.5) is 17.1 Å². The first-order valence-electron chi connectivity index (χ1n) is 26.6. The van der Waals surface area contributed by atoms with Crippen molar-refractivity contribution in [3.63, 3.8) is 0 Å². The van der Waals surface area contributed by atoms with Gasteiger partial charge in [0.25, 0.3) is 0 Å². The van der Waals surface area contributed by atoms with Crippen LogP contribution >= 0.6 is 0 Å². The van der Waals surface area contributed by atoms with Crippen LogP contribution in [0.1, 0.15) is 73.6 Å². The van der Waals surface area contributed by atoms with Crippen molar-refractivity contribution in [3.8, 4) is 77.9 Å². The van der Waals surface area contributed by atoms with Crippen molar-refractivity contribution in [2.75, 3.05) is 4.90 Å². The van der Waals surface area contributed by atoms with Gasteiger partial charge in [0.05, 0.1) is 0 Å². The van der Waals surface area contributed by atoms with Crippen molar-refractivity contribution >= 4 is 17.1 Å². The van der Waals surface area contributed by atoms with Crippen molar-refractivity contribution in [1.82, 2.24) is 0 Å². The molecule has 0 amide bonds. The molecule has 3 aliphatic carbocycles. The van der Waals surface area contributed by atoms with E-state index < -0.39 is 0 Å². The Bertz CT molecular complexity index is 4040. The lowest BCUT2D eigenvalue weighted by Crippen LogP contribution is -2.22. The Morgan fingerprint density at radius 1 is 0.240 bits per heavy atom. The molecule has 0 aromatic heterocycles. The Kier molecular flexibility index (Phi) is 10.1. The first-order chi connectivity index (χ1) is 36.6. The fourth-order valence-corrected chi connectivity index (χ4v) is 13.5. The van der Waals surface area contributed by atoms with Crippen molar-refractivity contribution in [2.24, 2.45) is 0 Å². The molecule has 1 nitrogen and oxygen atoms in total. The van der Waals surface area contributed by atoms with Crippen LogP contribution in [0, 0.1) is 0 Å². The number of benzene rings is 11. The minimum Gasteiger partial charge on any atom is -0.311 e. The van der Waals surface area contributed by atoms with Gasteiger partial charge in [-0.2, -0.15) is 0 Å². The van der Waals surface area contributed by atoms with Gasteiger partial charge in [-0.05, 0) is 172 Å². The van der Waals surface area contributed by atoms with Gasteiger partial charge in [0.1, 0.15) is 0 Å². The van der Waals surface area contributed by atoms with Crippen LogP contribution in [0.2, 0.25) is 0 Å². The maximum absolute atomic E-state index is 2.44. The standard InChI is InChI=1S/C74H57N/c1-72(2)66-27-14-11-22-59(66)62-44-36-51(46-69(62)72)48-30-38-54(39-31-48)75(55-40-32-49(33-41-55)52-37-45-63-60-23-13-16-29-68(60)74(5,70(63)47-52)53-18-7-6-8-19-53)56-42-34-50(35-43-56)57-20-9-10-21-58(57)64-25-17-26-65-61-24-12-15-28-67(61)73(3,4)71(64)65/h6-47H,1-5H3. The number of fused-ring (bicyclic) bond motifs is 9. The van der Waals surface area contributed by atoms with Gasteiger partial charge in [0.2, 0.25) is 0 Å². The summed E-state index contributed by atoms with van der Waals surface area (Å²) in [6, 6.07) is 95.2. The third-order valence-corrected chi connectivity index (χ3v) is 17.4. The van der Waals surface area contributed by atoms with E-state index in [2.05, 4.69) is 294 Å². The Balaban J connectivity index is 0.843. The molecule has 1 atom stereocenters. The molecule has 14 rings (SSSR count).